The van der Waals surface area contributed by atoms with Crippen LogP contribution in [0, 0.1) is 11.8 Å². The van der Waals surface area contributed by atoms with Gasteiger partial charge in [0.1, 0.15) is 5.78 Å². The number of rotatable bonds is 5. The van der Waals surface area contributed by atoms with E-state index in [0.29, 0.717) is 24.7 Å². The van der Waals surface area contributed by atoms with E-state index in [1.165, 1.54) is 0 Å². The first-order chi connectivity index (χ1) is 5.07. The van der Waals surface area contributed by atoms with Crippen LogP contribution >= 0.6 is 0 Å². The maximum atomic E-state index is 11.1. The first-order valence-electron chi connectivity index (χ1n) is 4.30. The van der Waals surface area contributed by atoms with Gasteiger partial charge in [0.25, 0.3) is 0 Å². The Balaban J connectivity index is 3.46. The summed E-state index contributed by atoms with van der Waals surface area (Å²) in [7, 11) is 0. The molecule has 0 saturated carbocycles. The maximum absolute atomic E-state index is 11.1. The van der Waals surface area contributed by atoms with Crippen molar-refractivity contribution in [1.29, 1.82) is 0 Å². The highest BCUT2D eigenvalue weighted by molar-refractivity contribution is 5.80. The normalized spacial score (nSPS) is 13.5. The summed E-state index contributed by atoms with van der Waals surface area (Å²) in [5.74, 6) is 1.02. The molecule has 0 fully saturated rings. The lowest BCUT2D eigenvalue weighted by molar-refractivity contribution is -0.122. The third kappa shape index (κ3) is 4.96. The standard InChI is InChI=1S/C9H19NO/c1-7(2)9(11)5-4-8(3)6-10/h7-8H,4-6,10H2,1-3H3. The summed E-state index contributed by atoms with van der Waals surface area (Å²) in [6, 6.07) is 0. The van der Waals surface area contributed by atoms with Gasteiger partial charge in [-0.3, -0.25) is 4.79 Å². The van der Waals surface area contributed by atoms with Crippen molar-refractivity contribution in [3.05, 3.63) is 0 Å². The van der Waals surface area contributed by atoms with Crippen LogP contribution in [0.25, 0.3) is 0 Å². The highest BCUT2D eigenvalue weighted by atomic mass is 16.1. The van der Waals surface area contributed by atoms with Gasteiger partial charge in [-0.1, -0.05) is 20.8 Å². The fraction of sp³-hybridized carbons (Fsp3) is 0.889. The third-order valence-electron chi connectivity index (χ3n) is 1.93. The van der Waals surface area contributed by atoms with Crippen LogP contribution in [0.3, 0.4) is 0 Å². The Morgan fingerprint density at radius 1 is 1.36 bits per heavy atom. The number of hydrogen-bond donors (Lipinski definition) is 1. The second-order valence-corrected chi connectivity index (χ2v) is 3.50. The summed E-state index contributed by atoms with van der Waals surface area (Å²) < 4.78 is 0. The molecule has 0 saturated heterocycles. The largest absolute Gasteiger partial charge is 0.330 e. The van der Waals surface area contributed by atoms with E-state index in [2.05, 4.69) is 6.92 Å². The van der Waals surface area contributed by atoms with Crippen LogP contribution in [0.1, 0.15) is 33.6 Å². The second-order valence-electron chi connectivity index (χ2n) is 3.50. The van der Waals surface area contributed by atoms with Gasteiger partial charge in [-0.25, -0.2) is 0 Å². The minimum Gasteiger partial charge on any atom is -0.330 e. The monoisotopic (exact) mass is 157 g/mol. The van der Waals surface area contributed by atoms with Gasteiger partial charge in [0, 0.05) is 12.3 Å². The molecule has 1 unspecified atom stereocenters. The summed E-state index contributed by atoms with van der Waals surface area (Å²) in [6.07, 6.45) is 1.63. The Kier molecular flexibility index (Phi) is 5.12. The number of carbonyl (C=O) groups excluding carboxylic acids is 1. The van der Waals surface area contributed by atoms with E-state index in [1.54, 1.807) is 0 Å². The lowest BCUT2D eigenvalue weighted by Gasteiger charge is -2.08. The van der Waals surface area contributed by atoms with E-state index >= 15 is 0 Å². The Bertz CT molecular complexity index is 121. The van der Waals surface area contributed by atoms with Crippen molar-refractivity contribution < 1.29 is 4.79 Å². The molecule has 66 valence electrons. The average Bonchev–Trinajstić information content (AvgIpc) is 1.99. The van der Waals surface area contributed by atoms with Crippen LogP contribution in [0.4, 0.5) is 0 Å². The number of nitrogens with two attached hydrogens (primary N) is 1. The number of hydrogen-bond acceptors (Lipinski definition) is 2. The highest BCUT2D eigenvalue weighted by Crippen LogP contribution is 2.07. The van der Waals surface area contributed by atoms with Gasteiger partial charge < -0.3 is 5.73 Å². The molecule has 2 N–H and O–H groups in total. The molecule has 0 radical (unpaired) electrons. The van der Waals surface area contributed by atoms with Crippen LogP contribution in [0.15, 0.2) is 0 Å². The number of ketones is 1. The third-order valence-corrected chi connectivity index (χ3v) is 1.93. The minimum absolute atomic E-state index is 0.181. The molecule has 0 heterocycles. The topological polar surface area (TPSA) is 43.1 Å². The van der Waals surface area contributed by atoms with E-state index in [0.717, 1.165) is 6.42 Å². The second kappa shape index (κ2) is 5.30. The Morgan fingerprint density at radius 2 is 1.91 bits per heavy atom. The zero-order chi connectivity index (χ0) is 8.85. The molecule has 0 aliphatic rings. The molecular formula is C9H19NO. The van der Waals surface area contributed by atoms with Crippen LogP contribution in [-0.4, -0.2) is 12.3 Å². The molecule has 0 bridgehead atoms. The quantitative estimate of drug-likeness (QED) is 0.658. The molecule has 2 nitrogen and oxygen atoms in total. The average molecular weight is 157 g/mol. The zero-order valence-corrected chi connectivity index (χ0v) is 7.76. The van der Waals surface area contributed by atoms with Gasteiger partial charge in [0.2, 0.25) is 0 Å². The molecule has 1 atom stereocenters. The van der Waals surface area contributed by atoms with E-state index in [-0.39, 0.29) is 5.92 Å². The van der Waals surface area contributed by atoms with E-state index < -0.39 is 0 Å². The first kappa shape index (κ1) is 10.6. The molecule has 0 aromatic carbocycles. The molecule has 0 aromatic rings. The summed E-state index contributed by atoms with van der Waals surface area (Å²) in [5, 5.41) is 0. The van der Waals surface area contributed by atoms with Gasteiger partial charge >= 0.3 is 0 Å². The molecule has 0 rings (SSSR count). The number of carbonyl (C=O) groups is 1. The summed E-state index contributed by atoms with van der Waals surface area (Å²) >= 11 is 0. The molecule has 0 spiro atoms. The van der Waals surface area contributed by atoms with Gasteiger partial charge in [-0.2, -0.15) is 0 Å². The van der Waals surface area contributed by atoms with Gasteiger partial charge in [0.15, 0.2) is 0 Å². The van der Waals surface area contributed by atoms with Crippen LogP contribution in [0.2, 0.25) is 0 Å². The molecule has 0 aliphatic heterocycles. The van der Waals surface area contributed by atoms with Crippen molar-refractivity contribution in [2.75, 3.05) is 6.54 Å². The van der Waals surface area contributed by atoms with Crippen molar-refractivity contribution in [2.45, 2.75) is 33.6 Å². The lowest BCUT2D eigenvalue weighted by Crippen LogP contribution is -2.14. The Morgan fingerprint density at radius 3 is 2.27 bits per heavy atom. The number of Topliss-reactive ketones (excluding diaryl/α,β-unsaturated/α-hetero) is 1. The summed E-state index contributed by atoms with van der Waals surface area (Å²) in [5.41, 5.74) is 5.42. The fourth-order valence-corrected chi connectivity index (χ4v) is 0.795. The highest BCUT2D eigenvalue weighted by Gasteiger charge is 2.08. The Hall–Kier alpha value is -0.370. The molecular weight excluding hydrogens is 138 g/mol. The van der Waals surface area contributed by atoms with Crippen LogP contribution in [-0.2, 0) is 4.79 Å². The van der Waals surface area contributed by atoms with Crippen molar-refractivity contribution in [1.82, 2.24) is 0 Å². The summed E-state index contributed by atoms with van der Waals surface area (Å²) in [6.45, 7) is 6.64. The van der Waals surface area contributed by atoms with Crippen molar-refractivity contribution in [2.24, 2.45) is 17.6 Å². The van der Waals surface area contributed by atoms with Gasteiger partial charge in [-0.15, -0.1) is 0 Å². The maximum Gasteiger partial charge on any atom is 0.135 e. The van der Waals surface area contributed by atoms with Crippen LogP contribution < -0.4 is 5.73 Å². The minimum atomic E-state index is 0.181. The van der Waals surface area contributed by atoms with E-state index in [1.807, 2.05) is 13.8 Å². The van der Waals surface area contributed by atoms with Crippen molar-refractivity contribution in [3.63, 3.8) is 0 Å². The zero-order valence-electron chi connectivity index (χ0n) is 7.76. The predicted octanol–water partition coefficient (Wildman–Crippen LogP) is 1.59. The summed E-state index contributed by atoms with van der Waals surface area (Å²) in [4.78, 5) is 11.1. The SMILES string of the molecule is CC(CN)CCC(=O)C(C)C. The predicted molar refractivity (Wildman–Crippen MR) is 47.3 cm³/mol. The van der Waals surface area contributed by atoms with E-state index in [9.17, 15) is 4.79 Å². The molecule has 0 aliphatic carbocycles. The molecule has 0 aromatic heterocycles. The Labute approximate surface area is 69.2 Å². The van der Waals surface area contributed by atoms with Gasteiger partial charge in [0.05, 0.1) is 0 Å². The lowest BCUT2D eigenvalue weighted by atomic mass is 9.99. The van der Waals surface area contributed by atoms with Crippen molar-refractivity contribution in [3.8, 4) is 0 Å². The molecule has 0 amide bonds. The van der Waals surface area contributed by atoms with Gasteiger partial charge in [-0.05, 0) is 18.9 Å². The smallest absolute Gasteiger partial charge is 0.135 e. The van der Waals surface area contributed by atoms with Crippen LogP contribution in [0.5, 0.6) is 0 Å². The molecule has 11 heavy (non-hydrogen) atoms. The van der Waals surface area contributed by atoms with E-state index in [4.69, 9.17) is 5.73 Å². The fourth-order valence-electron chi connectivity index (χ4n) is 0.795. The molecule has 2 heteroatoms. The van der Waals surface area contributed by atoms with Crippen molar-refractivity contribution >= 4 is 5.78 Å². The first-order valence-corrected chi connectivity index (χ1v) is 4.30.